The van der Waals surface area contributed by atoms with Gasteiger partial charge in [-0.05, 0) is 64.2 Å². The summed E-state index contributed by atoms with van der Waals surface area (Å²) in [5, 5.41) is 11.3. The zero-order valence-corrected chi connectivity index (χ0v) is 19.4. The van der Waals surface area contributed by atoms with Crippen LogP contribution in [0.3, 0.4) is 0 Å². The van der Waals surface area contributed by atoms with Gasteiger partial charge in [0.1, 0.15) is 5.60 Å². The van der Waals surface area contributed by atoms with E-state index in [1.54, 1.807) is 20.8 Å². The normalized spacial score (nSPS) is 37.7. The molecule has 0 spiro atoms. The number of esters is 1. The van der Waals surface area contributed by atoms with Crippen LogP contribution in [-0.2, 0) is 23.1 Å². The molecule has 29 heavy (non-hydrogen) atoms. The van der Waals surface area contributed by atoms with E-state index in [0.29, 0.717) is 31.1 Å². The van der Waals surface area contributed by atoms with Crippen LogP contribution in [0.5, 0.6) is 0 Å². The summed E-state index contributed by atoms with van der Waals surface area (Å²) in [5.74, 6) is -1.12. The molecule has 7 nitrogen and oxygen atoms in total. The number of fused-ring (bicyclic) bond motifs is 2. The molecule has 0 saturated heterocycles. The molecule has 0 aliphatic heterocycles. The van der Waals surface area contributed by atoms with E-state index < -0.39 is 19.0 Å². The van der Waals surface area contributed by atoms with Crippen LogP contribution in [0.25, 0.3) is 0 Å². The first kappa shape index (κ1) is 22.9. The van der Waals surface area contributed by atoms with Crippen molar-refractivity contribution in [2.75, 3.05) is 19.8 Å². The summed E-state index contributed by atoms with van der Waals surface area (Å²) in [6.45, 7) is 12.3. The topological polar surface area (TPSA) is 94.4 Å². The maximum Gasteiger partial charge on any atom is 0.355 e. The molecule has 166 valence electrons. The van der Waals surface area contributed by atoms with Crippen LogP contribution < -0.4 is 0 Å². The van der Waals surface area contributed by atoms with Gasteiger partial charge in [-0.2, -0.15) is 0 Å². The van der Waals surface area contributed by atoms with Gasteiger partial charge in [0.15, 0.2) is 5.78 Å². The van der Waals surface area contributed by atoms with E-state index in [4.69, 9.17) is 18.8 Å². The molecule has 0 aromatic rings. The Hall–Kier alpha value is -0.750. The highest BCUT2D eigenvalue weighted by molar-refractivity contribution is 7.54. The number of carbonyl (C=O) groups is 1. The Kier molecular flexibility index (Phi) is 6.38. The Morgan fingerprint density at radius 2 is 1.79 bits per heavy atom. The monoisotopic (exact) mass is 429 g/mol. The highest BCUT2D eigenvalue weighted by atomic mass is 31.2. The molecule has 4 rings (SSSR count). The van der Waals surface area contributed by atoms with Crippen LogP contribution in [0.2, 0.25) is 0 Å². The van der Waals surface area contributed by atoms with E-state index in [9.17, 15) is 14.5 Å². The third kappa shape index (κ3) is 3.96. The van der Waals surface area contributed by atoms with Crippen molar-refractivity contribution in [1.82, 2.24) is 0 Å². The minimum absolute atomic E-state index is 0.0641. The lowest BCUT2D eigenvalue weighted by molar-refractivity contribution is -0.145. The van der Waals surface area contributed by atoms with Crippen LogP contribution >= 0.6 is 7.60 Å². The van der Waals surface area contributed by atoms with Crippen molar-refractivity contribution in [3.05, 3.63) is 0 Å². The molecule has 4 fully saturated rings. The second-order valence-corrected chi connectivity index (χ2v) is 11.4. The van der Waals surface area contributed by atoms with E-state index in [1.807, 2.05) is 6.92 Å². The molecule has 0 aromatic carbocycles. The standard InChI is InChI=1S/C21H36NO6P/c1-7-26-19(23)15-12-14(15)18(29(25,27-8-2)28-9-3)22-17-11-13-10-16(20(13,4)5)21(17,6)24/h13-16,18,24H,7-12H2,1-6H3/b22-17-/t13-,14+,15+,16-,18-,21-/m0/s1. The summed E-state index contributed by atoms with van der Waals surface area (Å²) in [7, 11) is -3.59. The number of nitrogens with zero attached hydrogens (tertiary/aromatic N) is 1. The number of aliphatic imine (C=N–C) groups is 1. The van der Waals surface area contributed by atoms with Crippen molar-refractivity contribution in [3.63, 3.8) is 0 Å². The quantitative estimate of drug-likeness (QED) is 0.439. The molecule has 6 atom stereocenters. The van der Waals surface area contributed by atoms with Gasteiger partial charge in [-0.15, -0.1) is 0 Å². The third-order valence-corrected chi connectivity index (χ3v) is 9.60. The van der Waals surface area contributed by atoms with E-state index in [2.05, 4.69) is 13.8 Å². The zero-order valence-electron chi connectivity index (χ0n) is 18.5. The fourth-order valence-corrected chi connectivity index (χ4v) is 7.49. The minimum atomic E-state index is -3.59. The minimum Gasteiger partial charge on any atom is -0.466 e. The Morgan fingerprint density at radius 1 is 1.17 bits per heavy atom. The SMILES string of the molecule is CCOC(=O)[C@@H]1C[C@H]1[C@@H](/N=C1/C[C@@H]2C[C@@H](C2(C)C)[C@]1(C)O)P(=O)(OCC)OCC. The average Bonchev–Trinajstić information content (AvgIpc) is 3.40. The lowest BCUT2D eigenvalue weighted by atomic mass is 9.44. The number of carbonyl (C=O) groups excluding carboxylic acids is 1. The van der Waals surface area contributed by atoms with Gasteiger partial charge in [0, 0.05) is 11.6 Å². The third-order valence-electron chi connectivity index (χ3n) is 7.22. The fourth-order valence-electron chi connectivity index (χ4n) is 5.32. The summed E-state index contributed by atoms with van der Waals surface area (Å²) < 4.78 is 30.0. The van der Waals surface area contributed by atoms with Crippen LogP contribution in [0.1, 0.15) is 60.8 Å². The lowest BCUT2D eigenvalue weighted by Gasteiger charge is -2.62. The van der Waals surface area contributed by atoms with Gasteiger partial charge >= 0.3 is 13.6 Å². The summed E-state index contributed by atoms with van der Waals surface area (Å²) >= 11 is 0. The molecule has 4 aliphatic rings. The molecular formula is C21H36NO6P. The summed E-state index contributed by atoms with van der Waals surface area (Å²) in [5.41, 5.74) is -0.333. The number of rotatable bonds is 9. The first-order valence-electron chi connectivity index (χ1n) is 10.9. The molecule has 0 heterocycles. The first-order valence-corrected chi connectivity index (χ1v) is 12.5. The predicted octanol–water partition coefficient (Wildman–Crippen LogP) is 4.04. The summed E-state index contributed by atoms with van der Waals surface area (Å²) in [4.78, 5) is 17.1. The Bertz CT molecular complexity index is 708. The fraction of sp³-hybridized carbons (Fsp3) is 0.905. The zero-order chi connectivity index (χ0) is 21.6. The molecule has 2 bridgehead atoms. The molecule has 0 aromatic heterocycles. The van der Waals surface area contributed by atoms with Crippen LogP contribution in [0.4, 0.5) is 0 Å². The molecular weight excluding hydrogens is 393 g/mol. The van der Waals surface area contributed by atoms with Crippen LogP contribution in [-0.4, -0.2) is 48.0 Å². The Morgan fingerprint density at radius 3 is 2.28 bits per heavy atom. The second-order valence-electron chi connectivity index (χ2n) is 9.28. The van der Waals surface area contributed by atoms with Crippen molar-refractivity contribution in [2.45, 2.75) is 72.2 Å². The average molecular weight is 429 g/mol. The van der Waals surface area contributed by atoms with E-state index in [-0.39, 0.29) is 42.4 Å². The molecule has 1 N–H and O–H groups in total. The van der Waals surface area contributed by atoms with Gasteiger partial charge in [-0.3, -0.25) is 14.4 Å². The van der Waals surface area contributed by atoms with Gasteiger partial charge < -0.3 is 18.9 Å². The Balaban J connectivity index is 1.93. The number of ether oxygens (including phenoxy) is 1. The first-order chi connectivity index (χ1) is 13.5. The van der Waals surface area contributed by atoms with Crippen molar-refractivity contribution in [1.29, 1.82) is 0 Å². The number of aliphatic hydroxyl groups is 1. The molecule has 8 heteroatoms. The van der Waals surface area contributed by atoms with E-state index in [1.165, 1.54) is 0 Å². The van der Waals surface area contributed by atoms with Crippen molar-refractivity contribution < 1.29 is 28.3 Å². The lowest BCUT2D eigenvalue weighted by Crippen LogP contribution is -2.65. The molecule has 0 radical (unpaired) electrons. The van der Waals surface area contributed by atoms with Crippen LogP contribution in [0.15, 0.2) is 4.99 Å². The molecule has 0 unspecified atom stereocenters. The number of hydrogen-bond donors (Lipinski definition) is 1. The smallest absolute Gasteiger partial charge is 0.355 e. The number of hydrogen-bond acceptors (Lipinski definition) is 7. The van der Waals surface area contributed by atoms with Crippen molar-refractivity contribution in [2.24, 2.45) is 34.1 Å². The van der Waals surface area contributed by atoms with Gasteiger partial charge in [-0.25, -0.2) is 0 Å². The highest BCUT2D eigenvalue weighted by Gasteiger charge is 2.63. The predicted molar refractivity (Wildman–Crippen MR) is 111 cm³/mol. The van der Waals surface area contributed by atoms with Crippen molar-refractivity contribution in [3.8, 4) is 0 Å². The second kappa shape index (κ2) is 8.07. The van der Waals surface area contributed by atoms with Crippen LogP contribution in [0, 0.1) is 29.1 Å². The largest absolute Gasteiger partial charge is 0.466 e. The van der Waals surface area contributed by atoms with E-state index in [0.717, 1.165) is 6.42 Å². The van der Waals surface area contributed by atoms with Crippen molar-refractivity contribution >= 4 is 19.3 Å². The highest BCUT2D eigenvalue weighted by Crippen LogP contribution is 2.65. The van der Waals surface area contributed by atoms with E-state index >= 15 is 0 Å². The summed E-state index contributed by atoms with van der Waals surface area (Å²) in [6.07, 6.45) is 2.19. The maximum atomic E-state index is 13.6. The molecule has 4 aliphatic carbocycles. The molecule has 4 saturated carbocycles. The van der Waals surface area contributed by atoms with Gasteiger partial charge in [-0.1, -0.05) is 13.8 Å². The maximum absolute atomic E-state index is 13.6. The Labute approximate surface area is 174 Å². The van der Waals surface area contributed by atoms with Gasteiger partial charge in [0.2, 0.25) is 0 Å². The van der Waals surface area contributed by atoms with Gasteiger partial charge in [0.25, 0.3) is 0 Å². The van der Waals surface area contributed by atoms with Gasteiger partial charge in [0.05, 0.1) is 25.7 Å². The molecule has 0 amide bonds. The summed E-state index contributed by atoms with van der Waals surface area (Å²) in [6, 6.07) is 0.